The Morgan fingerprint density at radius 1 is 1.00 bits per heavy atom. The molecule has 0 aromatic carbocycles. The van der Waals surface area contributed by atoms with Crippen LogP contribution in [-0.2, 0) is 8.85 Å². The fourth-order valence-electron chi connectivity index (χ4n) is 1.78. The van der Waals surface area contributed by atoms with Crippen LogP contribution in [0.5, 0.6) is 0 Å². The van der Waals surface area contributed by atoms with Gasteiger partial charge in [0.25, 0.3) is 0 Å². The van der Waals surface area contributed by atoms with Crippen molar-refractivity contribution < 1.29 is 8.85 Å². The van der Waals surface area contributed by atoms with Crippen LogP contribution in [0.25, 0.3) is 0 Å². The van der Waals surface area contributed by atoms with Crippen LogP contribution < -0.4 is 0 Å². The molecule has 0 aliphatic carbocycles. The predicted octanol–water partition coefficient (Wildman–Crippen LogP) is 1.20. The Morgan fingerprint density at radius 2 is 1.90 bits per heavy atom. The monoisotopic (exact) mass is 158 g/mol. The van der Waals surface area contributed by atoms with Crippen LogP contribution in [0.4, 0.5) is 0 Å². The van der Waals surface area contributed by atoms with Gasteiger partial charge in [-0.15, -0.1) is 0 Å². The molecule has 2 atom stereocenters. The summed E-state index contributed by atoms with van der Waals surface area (Å²) in [5, 5.41) is 0. The maximum atomic E-state index is 5.64. The lowest BCUT2D eigenvalue weighted by molar-refractivity contribution is 0.225. The third-order valence-electron chi connectivity index (χ3n) is 2.41. The molecule has 58 valence electrons. The van der Waals surface area contributed by atoms with E-state index in [1.165, 1.54) is 25.7 Å². The second kappa shape index (κ2) is 3.03. The minimum Gasteiger partial charge on any atom is -0.396 e. The van der Waals surface area contributed by atoms with E-state index >= 15 is 0 Å². The molecule has 3 heteroatoms. The second-order valence-electron chi connectivity index (χ2n) is 3.15. The average molecular weight is 158 g/mol. The van der Waals surface area contributed by atoms with E-state index in [4.69, 9.17) is 8.85 Å². The smallest absolute Gasteiger partial charge is 0.324 e. The Balaban J connectivity index is 1.95. The third-order valence-corrected chi connectivity index (χ3v) is 4.97. The molecule has 0 bridgehead atoms. The van der Waals surface area contributed by atoms with Gasteiger partial charge in [0.05, 0.1) is 0 Å². The molecule has 0 N–H and O–H groups in total. The van der Waals surface area contributed by atoms with Gasteiger partial charge in [0.2, 0.25) is 0 Å². The van der Waals surface area contributed by atoms with Crippen molar-refractivity contribution in [3.05, 3.63) is 0 Å². The summed E-state index contributed by atoms with van der Waals surface area (Å²) in [5.41, 5.74) is 0.850. The average Bonchev–Trinajstić information content (AvgIpc) is 2.28. The van der Waals surface area contributed by atoms with Gasteiger partial charge in [-0.05, 0) is 19.3 Å². The van der Waals surface area contributed by atoms with Crippen molar-refractivity contribution in [2.24, 2.45) is 0 Å². The Labute approximate surface area is 63.4 Å². The molecule has 2 aliphatic heterocycles. The van der Waals surface area contributed by atoms with Crippen LogP contribution in [0.3, 0.4) is 0 Å². The van der Waals surface area contributed by atoms with Crippen molar-refractivity contribution in [3.8, 4) is 0 Å². The van der Waals surface area contributed by atoms with E-state index in [2.05, 4.69) is 0 Å². The molecular formula is C7H14O2Si. The summed E-state index contributed by atoms with van der Waals surface area (Å²) in [4.78, 5) is 0. The summed E-state index contributed by atoms with van der Waals surface area (Å²) in [6.45, 7) is 1.94. The number of hydrogen-bond donors (Lipinski definition) is 0. The maximum Gasteiger partial charge on any atom is 0.324 e. The highest BCUT2D eigenvalue weighted by molar-refractivity contribution is 6.47. The lowest BCUT2D eigenvalue weighted by Crippen LogP contribution is -2.20. The molecule has 0 aromatic rings. The predicted molar refractivity (Wildman–Crippen MR) is 41.3 cm³/mol. The molecule has 0 amide bonds. The zero-order valence-corrected chi connectivity index (χ0v) is 7.37. The van der Waals surface area contributed by atoms with E-state index in [1.807, 2.05) is 0 Å². The number of fused-ring (bicyclic) bond motifs is 1. The first-order valence-corrected chi connectivity index (χ1v) is 5.81. The lowest BCUT2D eigenvalue weighted by Gasteiger charge is -2.10. The van der Waals surface area contributed by atoms with Crippen molar-refractivity contribution in [2.75, 3.05) is 13.2 Å². The fraction of sp³-hybridized carbons (Fsp3) is 1.00. The Kier molecular flexibility index (Phi) is 2.07. The van der Waals surface area contributed by atoms with Crippen LogP contribution in [0.2, 0.25) is 5.54 Å². The van der Waals surface area contributed by atoms with Crippen molar-refractivity contribution in [3.63, 3.8) is 0 Å². The normalized spacial score (nSPS) is 40.8. The zero-order valence-electron chi connectivity index (χ0n) is 6.21. The fourth-order valence-corrected chi connectivity index (χ4v) is 4.10. The van der Waals surface area contributed by atoms with E-state index < -0.39 is 9.28 Å². The van der Waals surface area contributed by atoms with Gasteiger partial charge in [0, 0.05) is 18.8 Å². The summed E-state index contributed by atoms with van der Waals surface area (Å²) in [6.07, 6.45) is 5.26. The maximum absolute atomic E-state index is 5.64. The van der Waals surface area contributed by atoms with Crippen LogP contribution in [0.15, 0.2) is 0 Å². The van der Waals surface area contributed by atoms with Crippen LogP contribution >= 0.6 is 0 Å². The van der Waals surface area contributed by atoms with Gasteiger partial charge in [0.1, 0.15) is 0 Å². The van der Waals surface area contributed by atoms with Gasteiger partial charge in [0.15, 0.2) is 0 Å². The Bertz CT molecular complexity index is 106. The third kappa shape index (κ3) is 1.26. The summed E-state index contributed by atoms with van der Waals surface area (Å²) in [6, 6.07) is 0. The minimum absolute atomic E-state index is 0.850. The zero-order chi connectivity index (χ0) is 6.81. The number of hydrogen-bond acceptors (Lipinski definition) is 2. The summed E-state index contributed by atoms with van der Waals surface area (Å²) < 4.78 is 11.2. The van der Waals surface area contributed by atoms with Crippen LogP contribution in [0.1, 0.15) is 25.7 Å². The van der Waals surface area contributed by atoms with Gasteiger partial charge in [-0.2, -0.15) is 0 Å². The Hall–Kier alpha value is 0.137. The molecule has 0 spiro atoms. The minimum atomic E-state index is -1.13. The Morgan fingerprint density at radius 3 is 2.90 bits per heavy atom. The van der Waals surface area contributed by atoms with Crippen molar-refractivity contribution in [1.29, 1.82) is 0 Å². The van der Waals surface area contributed by atoms with Gasteiger partial charge in [-0.25, -0.2) is 0 Å². The molecule has 10 heavy (non-hydrogen) atoms. The molecule has 2 aliphatic rings. The van der Waals surface area contributed by atoms with Gasteiger partial charge in [-0.3, -0.25) is 0 Å². The van der Waals surface area contributed by atoms with Gasteiger partial charge < -0.3 is 8.85 Å². The SMILES string of the molecule is C1CCC2CCO[SiH]2OC1. The molecule has 2 rings (SSSR count). The molecule has 0 aromatic heterocycles. The van der Waals surface area contributed by atoms with Crippen molar-refractivity contribution in [1.82, 2.24) is 0 Å². The highest BCUT2D eigenvalue weighted by atomic mass is 28.3. The topological polar surface area (TPSA) is 18.5 Å². The van der Waals surface area contributed by atoms with Gasteiger partial charge >= 0.3 is 9.28 Å². The molecule has 0 saturated carbocycles. The van der Waals surface area contributed by atoms with Crippen molar-refractivity contribution in [2.45, 2.75) is 31.2 Å². The van der Waals surface area contributed by atoms with Crippen molar-refractivity contribution >= 4 is 9.28 Å². The largest absolute Gasteiger partial charge is 0.396 e. The van der Waals surface area contributed by atoms with E-state index in [-0.39, 0.29) is 0 Å². The molecular weight excluding hydrogens is 144 g/mol. The quantitative estimate of drug-likeness (QED) is 0.493. The van der Waals surface area contributed by atoms with Gasteiger partial charge in [-0.1, -0.05) is 6.42 Å². The molecule has 2 nitrogen and oxygen atoms in total. The molecule has 2 heterocycles. The first-order valence-electron chi connectivity index (χ1n) is 4.20. The van der Waals surface area contributed by atoms with E-state index in [0.29, 0.717) is 0 Å². The van der Waals surface area contributed by atoms with E-state index in [0.717, 1.165) is 18.8 Å². The standard InChI is InChI=1S/C7H14O2Si/c1-2-5-8-10-7(3-1)4-6-9-10/h7,10H,1-6H2. The first kappa shape index (κ1) is 6.82. The molecule has 0 radical (unpaired) electrons. The highest BCUT2D eigenvalue weighted by Crippen LogP contribution is 2.31. The summed E-state index contributed by atoms with van der Waals surface area (Å²) >= 11 is 0. The van der Waals surface area contributed by atoms with Crippen LogP contribution in [-0.4, -0.2) is 22.5 Å². The van der Waals surface area contributed by atoms with Crippen LogP contribution in [0, 0.1) is 0 Å². The van der Waals surface area contributed by atoms with E-state index in [9.17, 15) is 0 Å². The number of rotatable bonds is 0. The lowest BCUT2D eigenvalue weighted by atomic mass is 10.1. The first-order chi connectivity index (χ1) is 4.97. The van der Waals surface area contributed by atoms with E-state index in [1.54, 1.807) is 0 Å². The molecule has 2 unspecified atom stereocenters. The summed E-state index contributed by atoms with van der Waals surface area (Å²) in [7, 11) is -1.13. The summed E-state index contributed by atoms with van der Waals surface area (Å²) in [5.74, 6) is 0. The molecule has 2 saturated heterocycles. The second-order valence-corrected chi connectivity index (χ2v) is 5.50. The highest BCUT2D eigenvalue weighted by Gasteiger charge is 2.32. The molecule has 2 fully saturated rings.